The molecule has 1 amide bonds. The Morgan fingerprint density at radius 3 is 2.52 bits per heavy atom. The summed E-state index contributed by atoms with van der Waals surface area (Å²) in [6.07, 6.45) is -4.50. The molecule has 14 heteroatoms. The highest BCUT2D eigenvalue weighted by Crippen LogP contribution is 2.30. The van der Waals surface area contributed by atoms with Crippen molar-refractivity contribution in [2.75, 3.05) is 24.7 Å². The average Bonchev–Trinajstić information content (AvgIpc) is 2.96. The van der Waals surface area contributed by atoms with Crippen molar-refractivity contribution in [2.24, 2.45) is 0 Å². The van der Waals surface area contributed by atoms with Gasteiger partial charge in [0.15, 0.2) is 16.4 Å². The zero-order valence-corrected chi connectivity index (χ0v) is 16.4. The third kappa shape index (κ3) is 6.97. The van der Waals surface area contributed by atoms with Gasteiger partial charge >= 0.3 is 12.1 Å². The number of carbonyl (C=O) groups is 2. The van der Waals surface area contributed by atoms with Crippen LogP contribution in [0, 0.1) is 0 Å². The fourth-order valence-electron chi connectivity index (χ4n) is 2.45. The number of carbonyl (C=O) groups excluding carboxylic acids is 2. The van der Waals surface area contributed by atoms with Crippen molar-refractivity contribution in [1.82, 2.24) is 10.0 Å². The van der Waals surface area contributed by atoms with Gasteiger partial charge in [0.2, 0.25) is 10.0 Å². The van der Waals surface area contributed by atoms with Crippen LogP contribution in [0.1, 0.15) is 12.0 Å². The molecule has 1 aliphatic rings. The Morgan fingerprint density at radius 2 is 1.93 bits per heavy atom. The summed E-state index contributed by atoms with van der Waals surface area (Å²) in [4.78, 5) is 22.5. The first-order valence-electron chi connectivity index (χ1n) is 8.11. The maximum absolute atomic E-state index is 12.7. The molecule has 2 rings (SSSR count). The molecule has 1 heterocycles. The Labute approximate surface area is 164 Å². The van der Waals surface area contributed by atoms with Crippen molar-refractivity contribution in [2.45, 2.75) is 23.5 Å². The minimum atomic E-state index is -4.74. The minimum Gasteiger partial charge on any atom is -0.455 e. The number of nitrogens with one attached hydrogen (secondary N) is 2. The first-order valence-corrected chi connectivity index (χ1v) is 11.4. The number of ether oxygens (including phenoxy) is 1. The van der Waals surface area contributed by atoms with Crippen LogP contribution in [-0.2, 0) is 40.4 Å². The van der Waals surface area contributed by atoms with Crippen molar-refractivity contribution < 1.29 is 44.3 Å². The Hall–Kier alpha value is -2.19. The Bertz CT molecular complexity index is 991. The normalized spacial score (nSPS) is 18.9. The number of halogens is 3. The van der Waals surface area contributed by atoms with Gasteiger partial charge in [-0.1, -0.05) is 6.07 Å². The third-order valence-corrected chi connectivity index (χ3v) is 7.01. The summed E-state index contributed by atoms with van der Waals surface area (Å²) in [5.41, 5.74) is -1.17. The first kappa shape index (κ1) is 23.1. The maximum Gasteiger partial charge on any atom is 0.416 e. The van der Waals surface area contributed by atoms with Gasteiger partial charge in [-0.05, 0) is 24.6 Å². The molecule has 0 saturated carbocycles. The van der Waals surface area contributed by atoms with E-state index in [0.29, 0.717) is 12.1 Å². The van der Waals surface area contributed by atoms with E-state index in [0.717, 1.165) is 12.1 Å². The van der Waals surface area contributed by atoms with Gasteiger partial charge in [-0.3, -0.25) is 9.59 Å². The van der Waals surface area contributed by atoms with E-state index in [1.54, 1.807) is 4.72 Å². The van der Waals surface area contributed by atoms with Gasteiger partial charge in [0, 0.05) is 6.04 Å². The summed E-state index contributed by atoms with van der Waals surface area (Å²) in [7, 11) is -7.63. The summed E-state index contributed by atoms with van der Waals surface area (Å²) in [5, 5.41) is 2.37. The molecular weight excluding hydrogens is 441 g/mol. The van der Waals surface area contributed by atoms with E-state index in [2.05, 4.69) is 10.1 Å². The van der Waals surface area contributed by atoms with Crippen LogP contribution in [0.2, 0.25) is 0 Å². The molecule has 0 aromatic heterocycles. The molecule has 1 fully saturated rings. The highest BCUT2D eigenvalue weighted by molar-refractivity contribution is 7.91. The third-order valence-electron chi connectivity index (χ3n) is 3.84. The van der Waals surface area contributed by atoms with Crippen molar-refractivity contribution in [1.29, 1.82) is 0 Å². The molecule has 1 aliphatic heterocycles. The molecule has 2 N–H and O–H groups in total. The zero-order chi connectivity index (χ0) is 21.9. The summed E-state index contributed by atoms with van der Waals surface area (Å²) in [6.45, 7) is -1.68. The lowest BCUT2D eigenvalue weighted by atomic mass is 10.2. The fourth-order valence-corrected chi connectivity index (χ4v) is 5.14. The molecule has 1 saturated heterocycles. The van der Waals surface area contributed by atoms with Crippen LogP contribution in [0.5, 0.6) is 0 Å². The van der Waals surface area contributed by atoms with E-state index in [4.69, 9.17) is 0 Å². The summed E-state index contributed by atoms with van der Waals surface area (Å²) >= 11 is 0. The molecule has 0 radical (unpaired) electrons. The van der Waals surface area contributed by atoms with Gasteiger partial charge in [0.25, 0.3) is 5.91 Å². The molecule has 162 valence electrons. The van der Waals surface area contributed by atoms with Crippen LogP contribution < -0.4 is 10.0 Å². The summed E-state index contributed by atoms with van der Waals surface area (Å²) < 4.78 is 91.0. The Kier molecular flexibility index (Phi) is 6.90. The standard InChI is InChI=1S/C15H17F3N2O7S2/c16-15(17,18)10-2-1-3-12(6-10)29(25,26)19-7-14(22)27-8-13(21)20-11-4-5-28(23,24)9-11/h1-3,6,11,19H,4-5,7-9H2,(H,20,21). The number of esters is 1. The average molecular weight is 458 g/mol. The number of amides is 1. The number of hydrogen-bond donors (Lipinski definition) is 2. The molecule has 1 aromatic carbocycles. The van der Waals surface area contributed by atoms with E-state index in [1.807, 2.05) is 0 Å². The van der Waals surface area contributed by atoms with Gasteiger partial charge in [-0.15, -0.1) is 0 Å². The van der Waals surface area contributed by atoms with Crippen LogP contribution >= 0.6 is 0 Å². The van der Waals surface area contributed by atoms with Crippen LogP contribution in [0.15, 0.2) is 29.2 Å². The van der Waals surface area contributed by atoms with Crippen LogP contribution in [0.4, 0.5) is 13.2 Å². The second kappa shape index (κ2) is 8.67. The molecule has 0 bridgehead atoms. The number of sulfone groups is 1. The van der Waals surface area contributed by atoms with Crippen molar-refractivity contribution in [3.05, 3.63) is 29.8 Å². The van der Waals surface area contributed by atoms with Gasteiger partial charge in [-0.2, -0.15) is 17.9 Å². The number of sulfonamides is 1. The summed E-state index contributed by atoms with van der Waals surface area (Å²) in [6, 6.07) is 2.35. The minimum absolute atomic E-state index is 0.0605. The van der Waals surface area contributed by atoms with Crippen molar-refractivity contribution in [3.63, 3.8) is 0 Å². The van der Waals surface area contributed by atoms with E-state index >= 15 is 0 Å². The van der Waals surface area contributed by atoms with Crippen LogP contribution in [0.25, 0.3) is 0 Å². The zero-order valence-electron chi connectivity index (χ0n) is 14.7. The molecule has 1 atom stereocenters. The summed E-state index contributed by atoms with van der Waals surface area (Å²) in [5.74, 6) is -2.19. The van der Waals surface area contributed by atoms with Gasteiger partial charge in [-0.25, -0.2) is 16.8 Å². The van der Waals surface area contributed by atoms with Crippen molar-refractivity contribution >= 4 is 31.7 Å². The Balaban J connectivity index is 1.83. The van der Waals surface area contributed by atoms with E-state index in [-0.39, 0.29) is 17.9 Å². The van der Waals surface area contributed by atoms with Crippen LogP contribution in [-0.4, -0.2) is 59.4 Å². The first-order chi connectivity index (χ1) is 13.3. The second-order valence-corrected chi connectivity index (χ2v) is 10.2. The van der Waals surface area contributed by atoms with Gasteiger partial charge < -0.3 is 10.1 Å². The second-order valence-electron chi connectivity index (χ2n) is 6.18. The number of rotatable bonds is 7. The van der Waals surface area contributed by atoms with Crippen LogP contribution in [0.3, 0.4) is 0 Å². The van der Waals surface area contributed by atoms with Gasteiger partial charge in [0.1, 0.15) is 6.54 Å². The lowest BCUT2D eigenvalue weighted by Crippen LogP contribution is -2.39. The largest absolute Gasteiger partial charge is 0.455 e. The molecule has 29 heavy (non-hydrogen) atoms. The lowest BCUT2D eigenvalue weighted by Gasteiger charge is -2.12. The number of hydrogen-bond acceptors (Lipinski definition) is 7. The quantitative estimate of drug-likeness (QED) is 0.542. The highest BCUT2D eigenvalue weighted by Gasteiger charge is 2.32. The predicted molar refractivity (Wildman–Crippen MR) is 92.8 cm³/mol. The molecular formula is C15H17F3N2O7S2. The number of benzene rings is 1. The number of alkyl halides is 3. The van der Waals surface area contributed by atoms with E-state index in [9.17, 15) is 39.6 Å². The smallest absolute Gasteiger partial charge is 0.416 e. The van der Waals surface area contributed by atoms with E-state index in [1.165, 1.54) is 0 Å². The molecule has 9 nitrogen and oxygen atoms in total. The highest BCUT2D eigenvalue weighted by atomic mass is 32.2. The van der Waals surface area contributed by atoms with E-state index < -0.39 is 67.6 Å². The topological polar surface area (TPSA) is 136 Å². The monoisotopic (exact) mass is 458 g/mol. The predicted octanol–water partition coefficient (Wildman–Crippen LogP) is -0.170. The molecule has 1 aromatic rings. The SMILES string of the molecule is O=C(COC(=O)CNS(=O)(=O)c1cccc(C(F)(F)F)c1)NC1CCS(=O)(=O)C1. The molecule has 0 spiro atoms. The van der Waals surface area contributed by atoms with Gasteiger partial charge in [0.05, 0.1) is 22.0 Å². The van der Waals surface area contributed by atoms with Crippen molar-refractivity contribution in [3.8, 4) is 0 Å². The maximum atomic E-state index is 12.7. The lowest BCUT2D eigenvalue weighted by molar-refractivity contribution is -0.147. The fraction of sp³-hybridized carbons (Fsp3) is 0.467. The molecule has 1 unspecified atom stereocenters. The molecule has 0 aliphatic carbocycles. The Morgan fingerprint density at radius 1 is 1.24 bits per heavy atom.